The molecule has 5 heteroatoms. The number of pyridine rings is 1. The number of imidazole rings is 1. The first-order valence-electron chi connectivity index (χ1n) is 20.8. The predicted octanol–water partition coefficient (Wildman–Crippen LogP) is 13.1. The van der Waals surface area contributed by atoms with Gasteiger partial charge < -0.3 is 9.55 Å². The number of aromatic nitrogens is 3. The van der Waals surface area contributed by atoms with Crippen molar-refractivity contribution in [3.05, 3.63) is 181 Å². The number of para-hydroxylation sites is 2. The molecule has 2 heterocycles. The van der Waals surface area contributed by atoms with Crippen molar-refractivity contribution in [1.29, 1.82) is 0 Å². The zero-order valence-electron chi connectivity index (χ0n) is 36.6. The molecule has 0 unspecified atom stereocenters. The van der Waals surface area contributed by atoms with E-state index in [4.69, 9.17) is 7.73 Å². The number of benzene rings is 6. The number of nitrogens with zero attached hydrogens (tertiary/aromatic N) is 3. The van der Waals surface area contributed by atoms with E-state index < -0.39 is 19.9 Å². The van der Waals surface area contributed by atoms with E-state index in [2.05, 4.69) is 164 Å². The second kappa shape index (κ2) is 16.2. The van der Waals surface area contributed by atoms with Gasteiger partial charge in [0.1, 0.15) is 0 Å². The van der Waals surface area contributed by atoms with Gasteiger partial charge in [-0.05, 0) is 74.6 Å². The van der Waals surface area contributed by atoms with Gasteiger partial charge in [-0.15, -0.1) is 65.2 Å². The molecule has 0 N–H and O–H groups in total. The second-order valence-electron chi connectivity index (χ2n) is 17.5. The molecule has 58 heavy (non-hydrogen) atoms. The van der Waals surface area contributed by atoms with E-state index in [1.165, 1.54) is 33.4 Å². The predicted molar refractivity (Wildman–Crippen MR) is 243 cm³/mol. The molecule has 1 radical (unpaired) electrons. The normalized spacial score (nSPS) is 13.7. The van der Waals surface area contributed by atoms with Crippen LogP contribution in [0.1, 0.15) is 54.1 Å². The maximum Gasteiger partial charge on any atom is 0.0798 e. The molecule has 0 saturated heterocycles. The van der Waals surface area contributed by atoms with Crippen molar-refractivity contribution in [3.8, 4) is 50.6 Å². The number of hydrogen-bond donors (Lipinski definition) is 0. The Balaban J connectivity index is 0.000000198. The SMILES string of the molecule is CC1(C)c2c[c-]c(-c3nc4ccccc4n3-c3ccc(-c4ccccc4)cc3)cc2-c2ccccc21.[2H]C([2H])(c1cc(-c2[c-]cccc2)ncc1[Si](C)(C)C)C(C)(C)C.[Ir]. The van der Waals surface area contributed by atoms with Gasteiger partial charge in [0.05, 0.1) is 24.9 Å². The molecule has 8 aromatic rings. The minimum atomic E-state index is -1.70. The van der Waals surface area contributed by atoms with Gasteiger partial charge >= 0.3 is 0 Å². The largest absolute Gasteiger partial charge is 0.333 e. The molecule has 0 saturated carbocycles. The van der Waals surface area contributed by atoms with E-state index in [0.717, 1.165) is 50.1 Å². The van der Waals surface area contributed by atoms with E-state index >= 15 is 0 Å². The summed E-state index contributed by atoms with van der Waals surface area (Å²) in [5.41, 5.74) is 13.8. The minimum absolute atomic E-state index is 0. The Bertz CT molecular complexity index is 2780. The quantitative estimate of drug-likeness (QED) is 0.123. The molecule has 1 aliphatic carbocycles. The molecule has 0 fully saturated rings. The average Bonchev–Trinajstić information content (AvgIpc) is 3.73. The van der Waals surface area contributed by atoms with Crippen LogP contribution < -0.4 is 5.19 Å². The van der Waals surface area contributed by atoms with E-state index in [1.54, 1.807) is 0 Å². The summed E-state index contributed by atoms with van der Waals surface area (Å²) < 4.78 is 19.8. The summed E-state index contributed by atoms with van der Waals surface area (Å²) >= 11 is 0. The summed E-state index contributed by atoms with van der Waals surface area (Å²) in [6.45, 7) is 17.2. The zero-order chi connectivity index (χ0) is 41.7. The molecule has 0 spiro atoms. The Morgan fingerprint density at radius 1 is 0.707 bits per heavy atom. The van der Waals surface area contributed by atoms with Gasteiger partial charge in [-0.3, -0.25) is 4.98 Å². The fraction of sp³-hybridized carbons (Fsp3) is 0.208. The molecule has 1 aliphatic rings. The third-order valence-electron chi connectivity index (χ3n) is 10.8. The Morgan fingerprint density at radius 2 is 1.38 bits per heavy atom. The summed E-state index contributed by atoms with van der Waals surface area (Å²) in [6.07, 6.45) is 0.469. The van der Waals surface area contributed by atoms with Crippen molar-refractivity contribution in [2.24, 2.45) is 5.41 Å². The monoisotopic (exact) mass is 952 g/mol. The van der Waals surface area contributed by atoms with Gasteiger partial charge in [0.15, 0.2) is 0 Å². The fourth-order valence-corrected chi connectivity index (χ4v) is 9.33. The molecular formula is C53H51IrN3Si-2. The van der Waals surface area contributed by atoms with Crippen molar-refractivity contribution in [1.82, 2.24) is 14.5 Å². The molecule has 0 amide bonds. The number of fused-ring (bicyclic) bond motifs is 4. The number of rotatable bonds is 6. The number of hydrogen-bond acceptors (Lipinski definition) is 2. The van der Waals surface area contributed by atoms with E-state index in [9.17, 15) is 0 Å². The summed E-state index contributed by atoms with van der Waals surface area (Å²) in [4.78, 5) is 9.70. The summed E-state index contributed by atoms with van der Waals surface area (Å²) in [5, 5.41) is 1.09. The molecule has 293 valence electrons. The van der Waals surface area contributed by atoms with Gasteiger partial charge in [0.2, 0.25) is 0 Å². The average molecular weight is 952 g/mol. The van der Waals surface area contributed by atoms with Crippen LogP contribution >= 0.6 is 0 Å². The molecule has 3 nitrogen and oxygen atoms in total. The first kappa shape index (κ1) is 38.3. The summed E-state index contributed by atoms with van der Waals surface area (Å²) in [7, 11) is -1.70. The van der Waals surface area contributed by atoms with E-state index in [-0.39, 0.29) is 25.5 Å². The zero-order valence-corrected chi connectivity index (χ0v) is 38.0. The molecular weight excluding hydrogens is 899 g/mol. The maximum absolute atomic E-state index is 8.75. The third-order valence-corrected chi connectivity index (χ3v) is 12.8. The summed E-state index contributed by atoms with van der Waals surface area (Å²) in [5.74, 6) is 0.911. The molecule has 0 bridgehead atoms. The Hall–Kier alpha value is -5.19. The van der Waals surface area contributed by atoms with Gasteiger partial charge in [0.25, 0.3) is 0 Å². The van der Waals surface area contributed by atoms with Crippen molar-refractivity contribution in [2.75, 3.05) is 0 Å². The van der Waals surface area contributed by atoms with Gasteiger partial charge in [-0.1, -0.05) is 150 Å². The Labute approximate surface area is 362 Å². The third kappa shape index (κ3) is 8.22. The smallest absolute Gasteiger partial charge is 0.0798 e. The van der Waals surface area contributed by atoms with Crippen molar-refractivity contribution < 1.29 is 22.8 Å². The standard InChI is InChI=1S/C34H25N2.C19H26NSi.Ir/c1-34(2)29-13-7-6-12-27(29)28-22-25(18-21-30(28)34)33-35-31-14-8-9-15-32(31)36(33)26-19-16-24(17-20-26)23-10-4-3-5-11-23;1-19(2,3)13-16-12-17(15-10-8-7-9-11-15)20-14-18(16)21(4,5)6;/h3-17,19-22H,1-2H3;7-10,12,14H,13H2,1-6H3;/q2*-1;/i;13D2;. The minimum Gasteiger partial charge on any atom is -0.333 e. The van der Waals surface area contributed by atoms with Crippen LogP contribution in [0.15, 0.2) is 152 Å². The van der Waals surface area contributed by atoms with E-state index in [1.807, 2.05) is 63.4 Å². The van der Waals surface area contributed by atoms with Crippen LogP contribution in [0.4, 0.5) is 0 Å². The maximum atomic E-state index is 8.75. The van der Waals surface area contributed by atoms with Crippen LogP contribution in [0.2, 0.25) is 19.6 Å². The first-order valence-corrected chi connectivity index (χ1v) is 23.3. The van der Waals surface area contributed by atoms with Crippen LogP contribution in [0.5, 0.6) is 0 Å². The Kier molecular flexibility index (Phi) is 10.7. The van der Waals surface area contributed by atoms with Gasteiger partial charge in [-0.2, -0.15) is 0 Å². The summed E-state index contributed by atoms with van der Waals surface area (Å²) in [6, 6.07) is 57.2. The van der Waals surface area contributed by atoms with Crippen LogP contribution in [0.25, 0.3) is 61.6 Å². The van der Waals surface area contributed by atoms with Crippen molar-refractivity contribution in [3.63, 3.8) is 0 Å². The van der Waals surface area contributed by atoms with Crippen molar-refractivity contribution >= 4 is 24.3 Å². The second-order valence-corrected chi connectivity index (χ2v) is 22.6. The molecule has 0 aliphatic heterocycles. The van der Waals surface area contributed by atoms with Crippen molar-refractivity contribution in [2.45, 2.75) is 66.0 Å². The van der Waals surface area contributed by atoms with Crippen LogP contribution in [0.3, 0.4) is 0 Å². The first-order chi connectivity index (χ1) is 28.1. The fourth-order valence-electron chi connectivity index (χ4n) is 7.93. The van der Waals surface area contributed by atoms with Crippen LogP contribution in [0, 0.1) is 17.5 Å². The molecule has 0 atom stereocenters. The van der Waals surface area contributed by atoms with Crippen LogP contribution in [-0.2, 0) is 31.9 Å². The molecule has 2 aromatic heterocycles. The molecule has 9 rings (SSSR count). The topological polar surface area (TPSA) is 30.7 Å². The van der Waals surface area contributed by atoms with E-state index in [0.29, 0.717) is 0 Å². The molecule has 6 aromatic carbocycles. The van der Waals surface area contributed by atoms with Gasteiger partial charge in [-0.25, -0.2) is 0 Å². The van der Waals surface area contributed by atoms with Crippen LogP contribution in [-0.4, -0.2) is 22.6 Å². The van der Waals surface area contributed by atoms with Gasteiger partial charge in [0, 0.05) is 34.7 Å². The Morgan fingerprint density at radius 3 is 2.09 bits per heavy atom.